The van der Waals surface area contributed by atoms with E-state index in [1.165, 1.54) is 6.07 Å². The van der Waals surface area contributed by atoms with Gasteiger partial charge in [-0.15, -0.1) is 0 Å². The summed E-state index contributed by atoms with van der Waals surface area (Å²) < 4.78 is 26.6. The molecule has 2 nitrogen and oxygen atoms in total. The molecule has 0 atom stereocenters. The molecule has 0 N–H and O–H groups in total. The smallest absolute Gasteiger partial charge is 0.146 e. The first-order valence-electron chi connectivity index (χ1n) is 5.72. The molecule has 0 saturated heterocycles. The van der Waals surface area contributed by atoms with Crippen molar-refractivity contribution in [1.29, 1.82) is 0 Å². The molecule has 0 radical (unpaired) electrons. The third-order valence-corrected chi connectivity index (χ3v) is 2.80. The predicted molar refractivity (Wildman–Crippen MR) is 67.6 cm³/mol. The van der Waals surface area contributed by atoms with Gasteiger partial charge in [0.2, 0.25) is 0 Å². The summed E-state index contributed by atoms with van der Waals surface area (Å²) in [6.45, 7) is 0.615. The van der Waals surface area contributed by atoms with Crippen LogP contribution in [0.25, 0.3) is 0 Å². The number of pyridine rings is 1. The fourth-order valence-corrected chi connectivity index (χ4v) is 1.75. The Morgan fingerprint density at radius 3 is 2.56 bits per heavy atom. The molecule has 0 aliphatic carbocycles. The van der Waals surface area contributed by atoms with E-state index in [1.807, 2.05) is 12.1 Å². The molecule has 0 spiro atoms. The standard InChI is InChI=1S/C14H14F2N2/c1-18(9-6-11-4-7-17-8-5-11)14-10-12(15)2-3-13(14)16/h2-5,7-8,10H,6,9H2,1H3. The van der Waals surface area contributed by atoms with Crippen LogP contribution in [0.1, 0.15) is 5.56 Å². The van der Waals surface area contributed by atoms with Crippen molar-refractivity contribution in [2.75, 3.05) is 18.5 Å². The van der Waals surface area contributed by atoms with Crippen molar-refractivity contribution >= 4 is 5.69 Å². The van der Waals surface area contributed by atoms with Crippen LogP contribution in [0.3, 0.4) is 0 Å². The molecule has 0 fully saturated rings. The molecule has 1 aromatic heterocycles. The molecular formula is C14H14F2N2. The Kier molecular flexibility index (Phi) is 3.87. The third-order valence-electron chi connectivity index (χ3n) is 2.80. The fourth-order valence-electron chi connectivity index (χ4n) is 1.75. The summed E-state index contributed by atoms with van der Waals surface area (Å²) in [7, 11) is 1.75. The number of likely N-dealkylation sites (N-methyl/N-ethyl adjacent to an activating group) is 1. The van der Waals surface area contributed by atoms with Gasteiger partial charge < -0.3 is 4.90 Å². The summed E-state index contributed by atoms with van der Waals surface area (Å²) in [5.41, 5.74) is 1.40. The minimum absolute atomic E-state index is 0.282. The van der Waals surface area contributed by atoms with Crippen molar-refractivity contribution in [2.45, 2.75) is 6.42 Å². The maximum atomic E-state index is 13.5. The molecule has 18 heavy (non-hydrogen) atoms. The number of halogens is 2. The molecule has 0 amide bonds. The summed E-state index contributed by atoms with van der Waals surface area (Å²) in [6, 6.07) is 7.30. The quantitative estimate of drug-likeness (QED) is 0.826. The second-order valence-electron chi connectivity index (χ2n) is 4.12. The zero-order chi connectivity index (χ0) is 13.0. The Bertz CT molecular complexity index is 514. The number of hydrogen-bond acceptors (Lipinski definition) is 2. The number of aromatic nitrogens is 1. The van der Waals surface area contributed by atoms with E-state index in [9.17, 15) is 8.78 Å². The van der Waals surface area contributed by atoms with Crippen molar-refractivity contribution in [3.8, 4) is 0 Å². The van der Waals surface area contributed by atoms with Crippen LogP contribution in [0.5, 0.6) is 0 Å². The second-order valence-corrected chi connectivity index (χ2v) is 4.12. The van der Waals surface area contributed by atoms with Gasteiger partial charge in [0.05, 0.1) is 5.69 Å². The van der Waals surface area contributed by atoms with Crippen molar-refractivity contribution < 1.29 is 8.78 Å². The van der Waals surface area contributed by atoms with E-state index in [1.54, 1.807) is 24.3 Å². The number of rotatable bonds is 4. The summed E-state index contributed by atoms with van der Waals surface area (Å²) in [5.74, 6) is -0.837. The van der Waals surface area contributed by atoms with Gasteiger partial charge in [0.25, 0.3) is 0 Å². The first kappa shape index (κ1) is 12.5. The summed E-state index contributed by atoms with van der Waals surface area (Å²) in [4.78, 5) is 5.64. The van der Waals surface area contributed by atoms with Gasteiger partial charge in [-0.05, 0) is 36.2 Å². The van der Waals surface area contributed by atoms with Crippen molar-refractivity contribution in [1.82, 2.24) is 4.98 Å². The largest absolute Gasteiger partial charge is 0.372 e. The van der Waals surface area contributed by atoms with Crippen LogP contribution in [0.15, 0.2) is 42.7 Å². The molecule has 94 valence electrons. The molecule has 0 aliphatic rings. The molecule has 0 aliphatic heterocycles. The van der Waals surface area contributed by atoms with Gasteiger partial charge in [0.15, 0.2) is 0 Å². The highest BCUT2D eigenvalue weighted by Gasteiger charge is 2.08. The lowest BCUT2D eigenvalue weighted by Crippen LogP contribution is -2.21. The van der Waals surface area contributed by atoms with E-state index < -0.39 is 11.6 Å². The fraction of sp³-hybridized carbons (Fsp3) is 0.214. The molecule has 0 bridgehead atoms. The lowest BCUT2D eigenvalue weighted by Gasteiger charge is -2.19. The van der Waals surface area contributed by atoms with Crippen LogP contribution in [0.4, 0.5) is 14.5 Å². The molecular weight excluding hydrogens is 234 g/mol. The van der Waals surface area contributed by atoms with Gasteiger partial charge in [-0.3, -0.25) is 4.98 Å². The Hall–Kier alpha value is -1.97. The summed E-state index contributed by atoms with van der Waals surface area (Å²) >= 11 is 0. The first-order chi connectivity index (χ1) is 8.66. The number of benzene rings is 1. The van der Waals surface area contributed by atoms with Gasteiger partial charge >= 0.3 is 0 Å². The van der Waals surface area contributed by atoms with Gasteiger partial charge in [-0.1, -0.05) is 0 Å². The normalized spacial score (nSPS) is 10.4. The monoisotopic (exact) mass is 248 g/mol. The van der Waals surface area contributed by atoms with Gasteiger partial charge in [-0.25, -0.2) is 8.78 Å². The Balaban J connectivity index is 2.03. The van der Waals surface area contributed by atoms with E-state index in [2.05, 4.69) is 4.98 Å². The molecule has 1 heterocycles. The number of anilines is 1. The minimum atomic E-state index is -0.429. The zero-order valence-electron chi connectivity index (χ0n) is 10.1. The van der Waals surface area contributed by atoms with Crippen LogP contribution in [-0.4, -0.2) is 18.6 Å². The SMILES string of the molecule is CN(CCc1ccncc1)c1cc(F)ccc1F. The van der Waals surface area contributed by atoms with Crippen LogP contribution in [0.2, 0.25) is 0 Å². The summed E-state index contributed by atoms with van der Waals surface area (Å²) in [6.07, 6.45) is 4.20. The van der Waals surface area contributed by atoms with Crippen molar-refractivity contribution in [2.24, 2.45) is 0 Å². The second kappa shape index (κ2) is 5.58. The Labute approximate surface area is 105 Å². The molecule has 2 aromatic rings. The van der Waals surface area contributed by atoms with Crippen molar-refractivity contribution in [3.63, 3.8) is 0 Å². The molecule has 2 rings (SSSR count). The lowest BCUT2D eigenvalue weighted by atomic mass is 10.2. The molecule has 0 saturated carbocycles. The predicted octanol–water partition coefficient (Wildman–Crippen LogP) is 3.04. The number of nitrogens with zero attached hydrogens (tertiary/aromatic N) is 2. The number of hydrogen-bond donors (Lipinski definition) is 0. The average Bonchev–Trinajstić information content (AvgIpc) is 2.40. The topological polar surface area (TPSA) is 16.1 Å². The molecule has 4 heteroatoms. The van der Waals surface area contributed by atoms with Gasteiger partial charge in [0.1, 0.15) is 11.6 Å². The Morgan fingerprint density at radius 1 is 1.11 bits per heavy atom. The maximum absolute atomic E-state index is 13.5. The highest BCUT2D eigenvalue weighted by Crippen LogP contribution is 2.19. The van der Waals surface area contributed by atoms with Gasteiger partial charge in [-0.2, -0.15) is 0 Å². The Morgan fingerprint density at radius 2 is 1.83 bits per heavy atom. The lowest BCUT2D eigenvalue weighted by molar-refractivity contribution is 0.596. The van der Waals surface area contributed by atoms with E-state index in [0.29, 0.717) is 6.54 Å². The van der Waals surface area contributed by atoms with Crippen LogP contribution in [-0.2, 0) is 6.42 Å². The van der Waals surface area contributed by atoms with Gasteiger partial charge in [0, 0.05) is 32.1 Å². The maximum Gasteiger partial charge on any atom is 0.146 e. The minimum Gasteiger partial charge on any atom is -0.372 e. The average molecular weight is 248 g/mol. The summed E-state index contributed by atoms with van der Waals surface area (Å²) in [5, 5.41) is 0. The van der Waals surface area contributed by atoms with E-state index in [4.69, 9.17) is 0 Å². The highest BCUT2D eigenvalue weighted by molar-refractivity contribution is 5.47. The van der Waals surface area contributed by atoms with Crippen LogP contribution < -0.4 is 4.90 Å². The van der Waals surface area contributed by atoms with E-state index in [0.717, 1.165) is 24.1 Å². The highest BCUT2D eigenvalue weighted by atomic mass is 19.1. The van der Waals surface area contributed by atoms with Crippen LogP contribution in [0, 0.1) is 11.6 Å². The third kappa shape index (κ3) is 3.03. The zero-order valence-corrected chi connectivity index (χ0v) is 10.1. The molecule has 0 unspecified atom stereocenters. The van der Waals surface area contributed by atoms with E-state index in [-0.39, 0.29) is 5.69 Å². The van der Waals surface area contributed by atoms with Crippen molar-refractivity contribution in [3.05, 3.63) is 59.9 Å². The van der Waals surface area contributed by atoms with Crippen LogP contribution >= 0.6 is 0 Å². The molecule has 1 aromatic carbocycles. The first-order valence-corrected chi connectivity index (χ1v) is 5.72. The van der Waals surface area contributed by atoms with E-state index >= 15 is 0 Å².